The van der Waals surface area contributed by atoms with Crippen molar-refractivity contribution in [3.63, 3.8) is 0 Å². The highest BCUT2D eigenvalue weighted by atomic mass is 32.2. The highest BCUT2D eigenvalue weighted by Crippen LogP contribution is 2.43. The molecule has 1 amide bonds. The predicted molar refractivity (Wildman–Crippen MR) is 125 cm³/mol. The highest BCUT2D eigenvalue weighted by Gasteiger charge is 2.28. The Morgan fingerprint density at radius 3 is 2.66 bits per heavy atom. The molecule has 29 heavy (non-hydrogen) atoms. The lowest BCUT2D eigenvalue weighted by molar-refractivity contribution is 0.0789. The van der Waals surface area contributed by atoms with Gasteiger partial charge in [-0.1, -0.05) is 36.0 Å². The minimum Gasteiger partial charge on any atom is -0.491 e. The van der Waals surface area contributed by atoms with Gasteiger partial charge >= 0.3 is 0 Å². The molecule has 1 N–H and O–H groups in total. The number of hydrogen-bond acceptors (Lipinski definition) is 3. The monoisotopic (exact) mass is 410 g/mol. The van der Waals surface area contributed by atoms with Crippen molar-refractivity contribution in [3.8, 4) is 0 Å². The third-order valence-corrected chi connectivity index (χ3v) is 8.47. The molecule has 0 unspecified atom stereocenters. The Labute approximate surface area is 174 Å². The second-order valence-electron chi connectivity index (χ2n) is 7.87. The Kier molecular flexibility index (Phi) is 5.70. The van der Waals surface area contributed by atoms with E-state index in [1.165, 1.54) is 0 Å². The molecule has 0 saturated carbocycles. The maximum Gasteiger partial charge on any atom is 0.252 e. The number of fused-ring (bicyclic) bond motifs is 1. The van der Waals surface area contributed by atoms with Gasteiger partial charge in [-0.05, 0) is 61.4 Å². The molecule has 1 aromatic rings. The van der Waals surface area contributed by atoms with E-state index in [2.05, 4.69) is 63.9 Å². The van der Waals surface area contributed by atoms with Crippen LogP contribution in [0.15, 0.2) is 47.1 Å². The fourth-order valence-corrected chi connectivity index (χ4v) is 6.43. The second kappa shape index (κ2) is 8.25. The summed E-state index contributed by atoms with van der Waals surface area (Å²) < 4.78 is 8.55. The van der Waals surface area contributed by atoms with Gasteiger partial charge in [0.15, 0.2) is 0 Å². The molecule has 1 aliphatic heterocycles. The van der Waals surface area contributed by atoms with E-state index in [9.17, 15) is 4.79 Å². The minimum absolute atomic E-state index is 0.0426. The molecular formula is C24H30N2O2S. The Balaban J connectivity index is 1.53. The number of carbonyl (C=O) groups is 1. The minimum atomic E-state index is -1.77. The number of hydrogen-bond donors (Lipinski definition) is 1. The van der Waals surface area contributed by atoms with E-state index in [1.807, 2.05) is 0 Å². The van der Waals surface area contributed by atoms with Gasteiger partial charge in [-0.25, -0.2) is 0 Å². The number of piperidine rings is 1. The molecule has 1 fully saturated rings. The summed E-state index contributed by atoms with van der Waals surface area (Å²) in [7, 11) is -0.0765. The zero-order valence-electron chi connectivity index (χ0n) is 17.2. The van der Waals surface area contributed by atoms with Gasteiger partial charge in [0.2, 0.25) is 0 Å². The van der Waals surface area contributed by atoms with Crippen LogP contribution in [0, 0.1) is 0 Å². The molecule has 0 bridgehead atoms. The first-order valence-electron chi connectivity index (χ1n) is 10.3. The van der Waals surface area contributed by atoms with Crippen LogP contribution in [0.1, 0.15) is 47.2 Å². The molecule has 154 valence electrons. The lowest BCUT2D eigenvalue weighted by atomic mass is 10.0. The van der Waals surface area contributed by atoms with E-state index in [0.29, 0.717) is 0 Å². The van der Waals surface area contributed by atoms with Crippen LogP contribution in [0.25, 0.3) is 6.08 Å². The SMILES string of the molecule is C=S(=C)(c1ccc2c(c1C(=O)NC)CC=C2)N1CCC(OC2=CCCC=C2)CC1. The quantitative estimate of drug-likeness (QED) is 0.737. The van der Waals surface area contributed by atoms with Gasteiger partial charge in [0.05, 0.1) is 5.56 Å². The van der Waals surface area contributed by atoms with Gasteiger partial charge in [-0.15, -0.1) is 9.39 Å². The van der Waals surface area contributed by atoms with E-state index in [-0.39, 0.29) is 12.0 Å². The predicted octanol–water partition coefficient (Wildman–Crippen LogP) is 4.27. The number of amides is 1. The number of carbonyl (C=O) groups excluding carboxylic acids is 1. The summed E-state index contributed by atoms with van der Waals surface area (Å²) >= 11 is 0. The lowest BCUT2D eigenvalue weighted by Gasteiger charge is -2.38. The molecule has 4 nitrogen and oxygen atoms in total. The average Bonchev–Trinajstić information content (AvgIpc) is 3.22. The molecule has 0 atom stereocenters. The average molecular weight is 411 g/mol. The summed E-state index contributed by atoms with van der Waals surface area (Å²) in [5, 5.41) is 2.82. The number of allylic oxidation sites excluding steroid dienone is 4. The van der Waals surface area contributed by atoms with Crippen molar-refractivity contribution in [2.24, 2.45) is 0 Å². The summed E-state index contributed by atoms with van der Waals surface area (Å²) in [6.07, 6.45) is 15.7. The summed E-state index contributed by atoms with van der Waals surface area (Å²) in [5.41, 5.74) is 3.00. The molecule has 0 radical (unpaired) electrons. The van der Waals surface area contributed by atoms with Crippen molar-refractivity contribution in [3.05, 3.63) is 58.9 Å². The summed E-state index contributed by atoms with van der Waals surface area (Å²) in [6.45, 7) is 1.76. The smallest absolute Gasteiger partial charge is 0.252 e. The van der Waals surface area contributed by atoms with Crippen LogP contribution < -0.4 is 5.32 Å². The van der Waals surface area contributed by atoms with Crippen molar-refractivity contribution in [1.29, 1.82) is 0 Å². The second-order valence-corrected chi connectivity index (χ2v) is 10.5. The Bertz CT molecular complexity index is 994. The van der Waals surface area contributed by atoms with Gasteiger partial charge in [0, 0.05) is 25.0 Å². The van der Waals surface area contributed by atoms with E-state index in [1.54, 1.807) is 7.05 Å². The number of ether oxygens (including phenoxy) is 1. The maximum absolute atomic E-state index is 12.8. The van der Waals surface area contributed by atoms with E-state index in [0.717, 1.165) is 72.5 Å². The molecule has 1 aromatic carbocycles. The van der Waals surface area contributed by atoms with E-state index >= 15 is 0 Å². The van der Waals surface area contributed by atoms with E-state index in [4.69, 9.17) is 4.74 Å². The Hall–Kier alpha value is -2.24. The number of nitrogens with zero attached hydrogens (tertiary/aromatic N) is 1. The van der Waals surface area contributed by atoms with Gasteiger partial charge in [-0.2, -0.15) is 0 Å². The van der Waals surface area contributed by atoms with Crippen molar-refractivity contribution < 1.29 is 9.53 Å². The van der Waals surface area contributed by atoms with E-state index < -0.39 is 9.39 Å². The van der Waals surface area contributed by atoms with Crippen LogP contribution >= 0.6 is 9.39 Å². The van der Waals surface area contributed by atoms with Crippen LogP contribution in [-0.2, 0) is 11.2 Å². The third kappa shape index (κ3) is 3.94. The lowest BCUT2D eigenvalue weighted by Crippen LogP contribution is -2.35. The van der Waals surface area contributed by atoms with Gasteiger partial charge in [0.25, 0.3) is 5.91 Å². The first kappa shape index (κ1) is 20.0. The normalized spacial score (nSPS) is 19.7. The zero-order valence-corrected chi connectivity index (χ0v) is 18.0. The van der Waals surface area contributed by atoms with Crippen molar-refractivity contribution in [1.82, 2.24) is 9.62 Å². The largest absolute Gasteiger partial charge is 0.491 e. The first-order valence-corrected chi connectivity index (χ1v) is 12.3. The number of rotatable bonds is 5. The fraction of sp³-hybridized carbons (Fsp3) is 0.375. The standard InChI is InChI=1S/C24H30N2O2S/c1-25-24(27)23-21-11-7-8-18(21)12-13-22(23)29(2,3)26-16-14-20(15-17-26)28-19-9-5-4-6-10-19/h5,7-10,12-13,20H,2-4,6,11,14-17H2,1H3,(H,25,27). The van der Waals surface area contributed by atoms with Crippen molar-refractivity contribution in [2.75, 3.05) is 20.1 Å². The maximum atomic E-state index is 12.8. The van der Waals surface area contributed by atoms with Crippen LogP contribution in [0.4, 0.5) is 0 Å². The zero-order chi connectivity index (χ0) is 20.4. The highest BCUT2D eigenvalue weighted by molar-refractivity contribution is 8.25. The van der Waals surface area contributed by atoms with Gasteiger partial charge in [-0.3, -0.25) is 9.10 Å². The summed E-state index contributed by atoms with van der Waals surface area (Å²) in [5.74, 6) is 10.0. The van der Waals surface area contributed by atoms with Crippen molar-refractivity contribution >= 4 is 33.1 Å². The summed E-state index contributed by atoms with van der Waals surface area (Å²) in [6, 6.07) is 4.17. The molecule has 2 aliphatic carbocycles. The molecule has 0 aromatic heterocycles. The first-order chi connectivity index (χ1) is 14.0. The molecule has 0 spiro atoms. The number of benzene rings is 1. The topological polar surface area (TPSA) is 41.6 Å². The Morgan fingerprint density at radius 2 is 1.97 bits per heavy atom. The van der Waals surface area contributed by atoms with Crippen LogP contribution in [-0.4, -0.2) is 48.2 Å². The molecule has 3 aliphatic rings. The molecular weight excluding hydrogens is 380 g/mol. The van der Waals surface area contributed by atoms with Gasteiger partial charge in [0.1, 0.15) is 11.9 Å². The fourth-order valence-electron chi connectivity index (χ4n) is 4.32. The summed E-state index contributed by atoms with van der Waals surface area (Å²) in [4.78, 5) is 13.7. The molecule has 1 heterocycles. The molecule has 4 rings (SSSR count). The van der Waals surface area contributed by atoms with Crippen LogP contribution in [0.3, 0.4) is 0 Å². The van der Waals surface area contributed by atoms with Crippen LogP contribution in [0.5, 0.6) is 0 Å². The Morgan fingerprint density at radius 1 is 1.17 bits per heavy atom. The molecule has 5 heteroatoms. The number of nitrogens with one attached hydrogen (secondary N) is 1. The van der Waals surface area contributed by atoms with Crippen LogP contribution in [0.2, 0.25) is 0 Å². The molecule has 1 saturated heterocycles. The van der Waals surface area contributed by atoms with Crippen molar-refractivity contribution in [2.45, 2.75) is 43.1 Å². The van der Waals surface area contributed by atoms with Gasteiger partial charge < -0.3 is 10.1 Å². The third-order valence-electron chi connectivity index (χ3n) is 5.95.